The van der Waals surface area contributed by atoms with E-state index in [0.29, 0.717) is 13.2 Å². The lowest BCUT2D eigenvalue weighted by molar-refractivity contribution is 0.217. The highest BCUT2D eigenvalue weighted by atomic mass is 16.5. The summed E-state index contributed by atoms with van der Waals surface area (Å²) in [6, 6.07) is 17.7. The Hall–Kier alpha value is -3.28. The van der Waals surface area contributed by atoms with Crippen molar-refractivity contribution in [2.75, 3.05) is 26.3 Å². The fraction of sp³-hybridized carbons (Fsp3) is 0.273. The smallest absolute Gasteiger partial charge is 0.169 e. The first-order chi connectivity index (χ1) is 13.9. The van der Waals surface area contributed by atoms with E-state index in [1.165, 1.54) is 12.8 Å². The Kier molecular flexibility index (Phi) is 5.87. The molecule has 1 fully saturated rings. The Morgan fingerprint density at radius 3 is 2.46 bits per heavy atom. The lowest BCUT2D eigenvalue weighted by Crippen LogP contribution is -2.21. The molecule has 1 aliphatic rings. The standard InChI is InChI=1S/C22H24N4O2/c1-2-8-19(9-3-1)27-16-17-28-21-11-5-4-10-20(21)22(25-15-12-23-18-25)24-26-13-6-7-14-26/h1-5,8-12,15,18H,6-7,13-14,16-17H2/b24-22+. The molecule has 0 spiro atoms. The van der Waals surface area contributed by atoms with Gasteiger partial charge >= 0.3 is 0 Å². The number of aromatic nitrogens is 2. The highest BCUT2D eigenvalue weighted by molar-refractivity contribution is 6.02. The summed E-state index contributed by atoms with van der Waals surface area (Å²) in [6.45, 7) is 2.88. The van der Waals surface area contributed by atoms with Crippen LogP contribution in [0.15, 0.2) is 78.4 Å². The van der Waals surface area contributed by atoms with Gasteiger partial charge in [-0.3, -0.25) is 9.58 Å². The van der Waals surface area contributed by atoms with Gasteiger partial charge in [0.25, 0.3) is 0 Å². The average molecular weight is 376 g/mol. The first-order valence-corrected chi connectivity index (χ1v) is 9.62. The highest BCUT2D eigenvalue weighted by Gasteiger charge is 2.16. The van der Waals surface area contributed by atoms with E-state index in [-0.39, 0.29) is 0 Å². The maximum absolute atomic E-state index is 6.04. The molecule has 0 unspecified atom stereocenters. The average Bonchev–Trinajstić information content (AvgIpc) is 3.45. The third-order valence-corrected chi connectivity index (χ3v) is 4.55. The molecule has 28 heavy (non-hydrogen) atoms. The SMILES string of the molecule is c1ccc(OCCOc2ccccc2/C(=N\N2CCCC2)n2ccnc2)cc1. The Labute approximate surface area is 165 Å². The topological polar surface area (TPSA) is 51.9 Å². The highest BCUT2D eigenvalue weighted by Crippen LogP contribution is 2.21. The Balaban J connectivity index is 1.50. The van der Waals surface area contributed by atoms with Crippen molar-refractivity contribution in [3.8, 4) is 11.5 Å². The second-order valence-corrected chi connectivity index (χ2v) is 6.56. The van der Waals surface area contributed by atoms with Gasteiger partial charge in [0.05, 0.1) is 5.56 Å². The van der Waals surface area contributed by atoms with Crippen LogP contribution in [0.1, 0.15) is 18.4 Å². The molecule has 2 aromatic carbocycles. The van der Waals surface area contributed by atoms with Crippen LogP contribution in [-0.4, -0.2) is 46.7 Å². The molecule has 0 saturated carbocycles. The summed E-state index contributed by atoms with van der Waals surface area (Å²) < 4.78 is 13.7. The molecular weight excluding hydrogens is 352 g/mol. The van der Waals surface area contributed by atoms with Crippen molar-refractivity contribution in [3.63, 3.8) is 0 Å². The lowest BCUT2D eigenvalue weighted by atomic mass is 10.2. The number of imidazole rings is 1. The van der Waals surface area contributed by atoms with E-state index in [4.69, 9.17) is 14.6 Å². The molecule has 6 nitrogen and oxygen atoms in total. The van der Waals surface area contributed by atoms with E-state index in [1.807, 2.05) is 65.4 Å². The molecule has 0 amide bonds. The van der Waals surface area contributed by atoms with Crippen molar-refractivity contribution >= 4 is 5.84 Å². The minimum absolute atomic E-state index is 0.451. The number of hydrogen-bond acceptors (Lipinski definition) is 5. The number of para-hydroxylation sites is 2. The molecule has 3 aromatic rings. The van der Waals surface area contributed by atoms with Crippen LogP contribution in [0.3, 0.4) is 0 Å². The molecule has 2 heterocycles. The normalized spacial score (nSPS) is 14.3. The first kappa shape index (κ1) is 18.1. The van der Waals surface area contributed by atoms with Crippen molar-refractivity contribution in [1.82, 2.24) is 14.6 Å². The summed E-state index contributed by atoms with van der Waals surface area (Å²) in [5.74, 6) is 2.44. The molecule has 1 aliphatic heterocycles. The molecule has 0 atom stereocenters. The van der Waals surface area contributed by atoms with Gasteiger partial charge in [0.15, 0.2) is 5.84 Å². The van der Waals surface area contributed by atoms with E-state index in [9.17, 15) is 0 Å². The predicted molar refractivity (Wildman–Crippen MR) is 109 cm³/mol. The third kappa shape index (κ3) is 4.52. The molecule has 0 aliphatic carbocycles. The van der Waals surface area contributed by atoms with Crippen molar-refractivity contribution in [1.29, 1.82) is 0 Å². The Morgan fingerprint density at radius 1 is 0.929 bits per heavy atom. The number of hydrogen-bond donors (Lipinski definition) is 0. The van der Waals surface area contributed by atoms with Crippen LogP contribution < -0.4 is 9.47 Å². The Bertz CT molecular complexity index is 888. The molecule has 4 rings (SSSR count). The van der Waals surface area contributed by atoms with Gasteiger partial charge in [-0.05, 0) is 37.1 Å². The largest absolute Gasteiger partial charge is 0.490 e. The van der Waals surface area contributed by atoms with Crippen molar-refractivity contribution in [2.24, 2.45) is 5.10 Å². The lowest BCUT2D eigenvalue weighted by Gasteiger charge is -2.17. The molecule has 0 radical (unpaired) electrons. The van der Waals surface area contributed by atoms with Crippen LogP contribution in [0.25, 0.3) is 0 Å². The predicted octanol–water partition coefficient (Wildman–Crippen LogP) is 3.65. The number of ether oxygens (including phenoxy) is 2. The van der Waals surface area contributed by atoms with Gasteiger partial charge in [-0.2, -0.15) is 5.10 Å². The molecule has 0 bridgehead atoms. The number of benzene rings is 2. The molecular formula is C22H24N4O2. The second kappa shape index (κ2) is 9.08. The molecule has 0 N–H and O–H groups in total. The van der Waals surface area contributed by atoms with Crippen LogP contribution in [-0.2, 0) is 0 Å². The van der Waals surface area contributed by atoms with Gasteiger partial charge in [-0.25, -0.2) is 4.98 Å². The van der Waals surface area contributed by atoms with E-state index in [0.717, 1.165) is 36.0 Å². The minimum atomic E-state index is 0.451. The maximum atomic E-state index is 6.04. The van der Waals surface area contributed by atoms with Crippen LogP contribution in [0.5, 0.6) is 11.5 Å². The summed E-state index contributed by atoms with van der Waals surface area (Å²) in [4.78, 5) is 4.18. The second-order valence-electron chi connectivity index (χ2n) is 6.56. The van der Waals surface area contributed by atoms with Gasteiger partial charge in [0.1, 0.15) is 31.0 Å². The van der Waals surface area contributed by atoms with Crippen LogP contribution in [0.4, 0.5) is 0 Å². The number of rotatable bonds is 7. The number of nitrogens with zero attached hydrogens (tertiary/aromatic N) is 4. The maximum Gasteiger partial charge on any atom is 0.169 e. The summed E-state index contributed by atoms with van der Waals surface area (Å²) in [5, 5.41) is 7.00. The first-order valence-electron chi connectivity index (χ1n) is 9.62. The molecule has 1 aromatic heterocycles. The van der Waals surface area contributed by atoms with E-state index >= 15 is 0 Å². The summed E-state index contributed by atoms with van der Waals surface area (Å²) in [7, 11) is 0. The van der Waals surface area contributed by atoms with Crippen molar-refractivity contribution < 1.29 is 9.47 Å². The van der Waals surface area contributed by atoms with Gasteiger partial charge < -0.3 is 9.47 Å². The molecule has 1 saturated heterocycles. The van der Waals surface area contributed by atoms with Gasteiger partial charge in [-0.15, -0.1) is 0 Å². The van der Waals surface area contributed by atoms with E-state index < -0.39 is 0 Å². The van der Waals surface area contributed by atoms with Crippen molar-refractivity contribution in [2.45, 2.75) is 12.8 Å². The van der Waals surface area contributed by atoms with Gasteiger partial charge in [0.2, 0.25) is 0 Å². The molecule has 144 valence electrons. The van der Waals surface area contributed by atoms with E-state index in [1.54, 1.807) is 12.5 Å². The van der Waals surface area contributed by atoms with Crippen LogP contribution in [0.2, 0.25) is 0 Å². The Morgan fingerprint density at radius 2 is 1.68 bits per heavy atom. The third-order valence-electron chi connectivity index (χ3n) is 4.55. The quantitative estimate of drug-likeness (QED) is 0.359. The number of hydrazone groups is 1. The zero-order chi connectivity index (χ0) is 19.0. The fourth-order valence-corrected chi connectivity index (χ4v) is 3.17. The van der Waals surface area contributed by atoms with Crippen molar-refractivity contribution in [3.05, 3.63) is 78.9 Å². The summed E-state index contributed by atoms with van der Waals surface area (Å²) in [6.07, 6.45) is 7.79. The zero-order valence-corrected chi connectivity index (χ0v) is 15.8. The van der Waals surface area contributed by atoms with Crippen LogP contribution in [0, 0.1) is 0 Å². The van der Waals surface area contributed by atoms with Gasteiger partial charge in [-0.1, -0.05) is 30.3 Å². The summed E-state index contributed by atoms with van der Waals surface area (Å²) in [5.41, 5.74) is 0.937. The van der Waals surface area contributed by atoms with E-state index in [2.05, 4.69) is 9.99 Å². The minimum Gasteiger partial charge on any atom is -0.490 e. The molecule has 6 heteroatoms. The van der Waals surface area contributed by atoms with Gasteiger partial charge in [0, 0.05) is 25.5 Å². The monoisotopic (exact) mass is 376 g/mol. The zero-order valence-electron chi connectivity index (χ0n) is 15.8. The fourth-order valence-electron chi connectivity index (χ4n) is 3.17. The van der Waals surface area contributed by atoms with Crippen LogP contribution >= 0.6 is 0 Å². The summed E-state index contributed by atoms with van der Waals surface area (Å²) >= 11 is 0.